The Morgan fingerprint density at radius 1 is 0.795 bits per heavy atom. The van der Waals surface area contributed by atoms with E-state index in [1.54, 1.807) is 6.08 Å². The maximum atomic E-state index is 12.0. The fourth-order valence-electron chi connectivity index (χ4n) is 5.64. The van der Waals surface area contributed by atoms with Crippen molar-refractivity contribution in [1.82, 2.24) is 0 Å². The minimum atomic E-state index is -1.04. The summed E-state index contributed by atoms with van der Waals surface area (Å²) in [6, 6.07) is 0. The predicted molar refractivity (Wildman–Crippen MR) is 175 cm³/mol. The number of hydrogen-bond acceptors (Lipinski definition) is 8. The van der Waals surface area contributed by atoms with Crippen LogP contribution in [0.5, 0.6) is 0 Å². The van der Waals surface area contributed by atoms with Gasteiger partial charge in [-0.05, 0) is 43.9 Å². The molecule has 1 saturated carbocycles. The van der Waals surface area contributed by atoms with Crippen LogP contribution >= 0.6 is 0 Å². The van der Waals surface area contributed by atoms with Crippen LogP contribution in [0.25, 0.3) is 0 Å². The van der Waals surface area contributed by atoms with Crippen LogP contribution in [0.1, 0.15) is 136 Å². The summed E-state index contributed by atoms with van der Waals surface area (Å²) in [6.45, 7) is 6.27. The van der Waals surface area contributed by atoms with Gasteiger partial charge in [0.1, 0.15) is 19.3 Å². The summed E-state index contributed by atoms with van der Waals surface area (Å²) in [5.74, 6) is -0.252. The second-order valence-electron chi connectivity index (χ2n) is 12.9. The predicted octanol–water partition coefficient (Wildman–Crippen LogP) is 6.57. The lowest BCUT2D eigenvalue weighted by atomic mass is 9.89. The summed E-state index contributed by atoms with van der Waals surface area (Å²) >= 11 is 0. The first-order valence-corrected chi connectivity index (χ1v) is 17.5. The largest absolute Gasteiger partial charge is 0.463 e. The number of unbranched alkanes of at least 4 members (excludes halogenated alkanes) is 8. The Hall–Kier alpha value is -1.74. The molecule has 1 aliphatic carbocycles. The van der Waals surface area contributed by atoms with E-state index in [2.05, 4.69) is 20.8 Å². The third kappa shape index (κ3) is 19.6. The Labute approximate surface area is 267 Å². The Kier molecular flexibility index (Phi) is 23.3. The van der Waals surface area contributed by atoms with Crippen LogP contribution in [-0.2, 0) is 19.1 Å². The van der Waals surface area contributed by atoms with Gasteiger partial charge in [0.25, 0.3) is 0 Å². The molecule has 1 unspecified atom stereocenters. The van der Waals surface area contributed by atoms with E-state index in [0.29, 0.717) is 38.5 Å². The lowest BCUT2D eigenvalue weighted by molar-refractivity contribution is -0.152. The number of ether oxygens (including phenoxy) is 2. The van der Waals surface area contributed by atoms with E-state index in [1.807, 2.05) is 18.2 Å². The van der Waals surface area contributed by atoms with Crippen LogP contribution in [0.3, 0.4) is 0 Å². The van der Waals surface area contributed by atoms with Crippen LogP contribution in [0, 0.1) is 17.8 Å². The Balaban J connectivity index is 2.13. The third-order valence-electron chi connectivity index (χ3n) is 8.80. The molecule has 256 valence electrons. The summed E-state index contributed by atoms with van der Waals surface area (Å²) < 4.78 is 10.2. The summed E-state index contributed by atoms with van der Waals surface area (Å²) in [5, 5.41) is 41.0. The second kappa shape index (κ2) is 25.5. The Morgan fingerprint density at radius 3 is 2.07 bits per heavy atom. The zero-order valence-electron chi connectivity index (χ0n) is 27.9. The molecule has 8 heteroatoms. The van der Waals surface area contributed by atoms with Crippen molar-refractivity contribution in [1.29, 1.82) is 0 Å². The molecule has 8 nitrogen and oxygen atoms in total. The first kappa shape index (κ1) is 40.3. The van der Waals surface area contributed by atoms with Gasteiger partial charge in [-0.1, -0.05) is 109 Å². The lowest BCUT2D eigenvalue weighted by Gasteiger charge is -2.19. The Morgan fingerprint density at radius 2 is 1.41 bits per heavy atom. The fourth-order valence-corrected chi connectivity index (χ4v) is 5.64. The molecule has 1 fully saturated rings. The average molecular weight is 625 g/mol. The minimum Gasteiger partial charge on any atom is -0.463 e. The zero-order chi connectivity index (χ0) is 32.6. The molecule has 0 aromatic heterocycles. The van der Waals surface area contributed by atoms with Crippen molar-refractivity contribution >= 4 is 11.9 Å². The van der Waals surface area contributed by atoms with Crippen LogP contribution in [0.4, 0.5) is 0 Å². The molecule has 0 amide bonds. The van der Waals surface area contributed by atoms with Crippen molar-refractivity contribution in [2.75, 3.05) is 13.2 Å². The third-order valence-corrected chi connectivity index (χ3v) is 8.80. The number of carbonyl (C=O) groups is 2. The van der Waals surface area contributed by atoms with Gasteiger partial charge < -0.3 is 29.9 Å². The molecule has 4 N–H and O–H groups in total. The number of carbonyl (C=O) groups excluding carboxylic acids is 2. The van der Waals surface area contributed by atoms with Crippen molar-refractivity contribution in [3.8, 4) is 0 Å². The van der Waals surface area contributed by atoms with Gasteiger partial charge in [-0.2, -0.15) is 0 Å². The smallest absolute Gasteiger partial charge is 0.305 e. The topological polar surface area (TPSA) is 134 Å². The van der Waals surface area contributed by atoms with Gasteiger partial charge in [0.05, 0.1) is 18.3 Å². The summed E-state index contributed by atoms with van der Waals surface area (Å²) in [7, 11) is 0. The van der Waals surface area contributed by atoms with E-state index in [-0.39, 0.29) is 37.4 Å². The number of aliphatic hydroxyl groups is 4. The van der Waals surface area contributed by atoms with E-state index in [0.717, 1.165) is 44.4 Å². The summed E-state index contributed by atoms with van der Waals surface area (Å²) in [5.41, 5.74) is 0. The van der Waals surface area contributed by atoms with Gasteiger partial charge in [0, 0.05) is 25.2 Å². The Bertz CT molecular complexity index is 797. The van der Waals surface area contributed by atoms with Crippen LogP contribution < -0.4 is 0 Å². The van der Waals surface area contributed by atoms with E-state index in [1.165, 1.54) is 32.1 Å². The van der Waals surface area contributed by atoms with E-state index < -0.39 is 30.4 Å². The second-order valence-corrected chi connectivity index (χ2v) is 12.9. The average Bonchev–Trinajstić information content (AvgIpc) is 3.27. The first-order valence-electron chi connectivity index (χ1n) is 17.5. The maximum Gasteiger partial charge on any atom is 0.305 e. The molecule has 7 atom stereocenters. The van der Waals surface area contributed by atoms with Crippen LogP contribution in [0.15, 0.2) is 24.3 Å². The molecule has 1 aliphatic rings. The summed E-state index contributed by atoms with van der Waals surface area (Å²) in [6.07, 6.45) is 20.5. The number of hydrogen-bond donors (Lipinski definition) is 4. The van der Waals surface area contributed by atoms with Crippen molar-refractivity contribution < 1.29 is 39.5 Å². The lowest BCUT2D eigenvalue weighted by Crippen LogP contribution is -2.25. The normalized spacial score (nSPS) is 22.4. The molecule has 44 heavy (non-hydrogen) atoms. The standard InChI is InChI=1S/C36H64O8/c1-4-6-13-19-29(37)23-24-32-31(33(39)25-34(32)40)20-15-11-12-17-22-36(42)44-27-30(38)26-43-35(41)21-16-10-8-7-9-14-18-28(3)5-2/h11,15,23-24,28-34,37-40H,4-10,12-14,16-22,25-27H2,1-3H3/b15-11+,24-23+/t28?,29-,30-,31+,32+,33-,34+/m0/s1. The summed E-state index contributed by atoms with van der Waals surface area (Å²) in [4.78, 5) is 23.9. The van der Waals surface area contributed by atoms with E-state index in [4.69, 9.17) is 9.47 Å². The van der Waals surface area contributed by atoms with Crippen molar-refractivity contribution in [2.24, 2.45) is 17.8 Å². The van der Waals surface area contributed by atoms with Crippen LogP contribution in [-0.4, -0.2) is 70.0 Å². The zero-order valence-corrected chi connectivity index (χ0v) is 27.9. The first-order chi connectivity index (χ1) is 21.2. The van der Waals surface area contributed by atoms with Gasteiger partial charge in [0.15, 0.2) is 0 Å². The van der Waals surface area contributed by atoms with Gasteiger partial charge >= 0.3 is 11.9 Å². The quantitative estimate of drug-likeness (QED) is 0.0482. The van der Waals surface area contributed by atoms with Crippen molar-refractivity contribution in [3.05, 3.63) is 24.3 Å². The van der Waals surface area contributed by atoms with Gasteiger partial charge in [-0.15, -0.1) is 0 Å². The number of rotatable bonds is 26. The van der Waals surface area contributed by atoms with Gasteiger partial charge in [-0.3, -0.25) is 9.59 Å². The highest BCUT2D eigenvalue weighted by Gasteiger charge is 2.39. The van der Waals surface area contributed by atoms with E-state index >= 15 is 0 Å². The minimum absolute atomic E-state index is 0.116. The number of esters is 2. The molecule has 0 saturated heterocycles. The van der Waals surface area contributed by atoms with Crippen LogP contribution in [0.2, 0.25) is 0 Å². The number of aliphatic hydroxyl groups excluding tert-OH is 4. The molecule has 0 bridgehead atoms. The van der Waals surface area contributed by atoms with Gasteiger partial charge in [-0.25, -0.2) is 0 Å². The van der Waals surface area contributed by atoms with Crippen molar-refractivity contribution in [2.45, 2.75) is 161 Å². The molecule has 0 aromatic carbocycles. The highest BCUT2D eigenvalue weighted by molar-refractivity contribution is 5.69. The van der Waals surface area contributed by atoms with E-state index in [9.17, 15) is 30.0 Å². The highest BCUT2D eigenvalue weighted by Crippen LogP contribution is 2.36. The molecule has 0 spiro atoms. The molecule has 0 heterocycles. The fraction of sp³-hybridized carbons (Fsp3) is 0.833. The molecule has 1 rings (SSSR count). The molecular formula is C36H64O8. The van der Waals surface area contributed by atoms with Crippen molar-refractivity contribution in [3.63, 3.8) is 0 Å². The SMILES string of the molecule is CCCCC[C@H](O)/C=C/[C@@H]1[C@@H](C/C=C/CCCC(=O)OC[C@@H](O)COC(=O)CCCCCCCCC(C)CC)[C@@H](O)C[C@H]1O. The monoisotopic (exact) mass is 624 g/mol. The molecule has 0 aliphatic heterocycles. The molecular weight excluding hydrogens is 560 g/mol. The number of allylic oxidation sites excluding steroid dienone is 2. The molecule has 0 aromatic rings. The highest BCUT2D eigenvalue weighted by atomic mass is 16.6. The maximum absolute atomic E-state index is 12.0. The van der Waals surface area contributed by atoms with Gasteiger partial charge in [0.2, 0.25) is 0 Å². The molecule has 0 radical (unpaired) electrons.